The van der Waals surface area contributed by atoms with Crippen LogP contribution in [0.1, 0.15) is 52.8 Å². The molecule has 3 amide bonds. The Bertz CT molecular complexity index is 1080. The summed E-state index contributed by atoms with van der Waals surface area (Å²) >= 11 is 0. The van der Waals surface area contributed by atoms with Crippen LogP contribution in [-0.2, 0) is 16.8 Å². The van der Waals surface area contributed by atoms with Crippen LogP contribution in [0.4, 0.5) is 5.69 Å². The van der Waals surface area contributed by atoms with Crippen molar-refractivity contribution in [3.63, 3.8) is 0 Å². The third-order valence-electron chi connectivity index (χ3n) is 4.87. The van der Waals surface area contributed by atoms with E-state index in [4.69, 9.17) is 4.42 Å². The average molecular weight is 434 g/mol. The van der Waals surface area contributed by atoms with Gasteiger partial charge in [-0.3, -0.25) is 14.4 Å². The van der Waals surface area contributed by atoms with Crippen LogP contribution in [-0.4, -0.2) is 24.3 Å². The topological polar surface area (TPSA) is 100 Å². The van der Waals surface area contributed by atoms with Crippen molar-refractivity contribution < 1.29 is 18.8 Å². The first kappa shape index (κ1) is 22.8. The number of hydrogen-bond acceptors (Lipinski definition) is 4. The van der Waals surface area contributed by atoms with E-state index in [1.807, 2.05) is 12.1 Å². The first-order valence-corrected chi connectivity index (χ1v) is 10.3. The summed E-state index contributed by atoms with van der Waals surface area (Å²) in [7, 11) is 0. The van der Waals surface area contributed by atoms with Gasteiger partial charge in [0.05, 0.1) is 30.6 Å². The molecule has 0 saturated heterocycles. The van der Waals surface area contributed by atoms with Gasteiger partial charge in [0.2, 0.25) is 5.91 Å². The molecule has 3 N–H and O–H groups in total. The standard InChI is InChI=1S/C25H27N3O4/c1-25(2,3)18-12-10-17(11-13-18)23(30)27-16-22(29)28-21-9-5-4-8-20(21)24(31)26-15-19-7-6-14-32-19/h4-14H,15-16H2,1-3H3,(H,26,31)(H,27,30)(H,28,29). The average Bonchev–Trinajstić information content (AvgIpc) is 3.29. The second-order valence-electron chi connectivity index (χ2n) is 8.37. The minimum Gasteiger partial charge on any atom is -0.467 e. The highest BCUT2D eigenvalue weighted by atomic mass is 16.3. The SMILES string of the molecule is CC(C)(C)c1ccc(C(=O)NCC(=O)Nc2ccccc2C(=O)NCc2ccco2)cc1. The molecular formula is C25H27N3O4. The molecule has 0 aliphatic heterocycles. The lowest BCUT2D eigenvalue weighted by molar-refractivity contribution is -0.115. The van der Waals surface area contributed by atoms with Crippen molar-refractivity contribution in [2.24, 2.45) is 0 Å². The highest BCUT2D eigenvalue weighted by molar-refractivity contribution is 6.05. The van der Waals surface area contributed by atoms with E-state index in [-0.39, 0.29) is 30.3 Å². The third kappa shape index (κ3) is 6.07. The molecule has 32 heavy (non-hydrogen) atoms. The van der Waals surface area contributed by atoms with Crippen LogP contribution in [0.25, 0.3) is 0 Å². The summed E-state index contributed by atoms with van der Waals surface area (Å²) in [6.07, 6.45) is 1.53. The maximum Gasteiger partial charge on any atom is 0.253 e. The number of carbonyl (C=O) groups is 3. The lowest BCUT2D eigenvalue weighted by Crippen LogP contribution is -2.33. The zero-order valence-corrected chi connectivity index (χ0v) is 18.4. The molecule has 0 fully saturated rings. The lowest BCUT2D eigenvalue weighted by atomic mass is 9.87. The summed E-state index contributed by atoms with van der Waals surface area (Å²) in [6.45, 7) is 6.31. The van der Waals surface area contributed by atoms with Crippen molar-refractivity contribution in [1.29, 1.82) is 0 Å². The molecular weight excluding hydrogens is 406 g/mol. The minimum atomic E-state index is -0.434. The summed E-state index contributed by atoms with van der Waals surface area (Å²) in [5.41, 5.74) is 2.26. The second-order valence-corrected chi connectivity index (χ2v) is 8.37. The van der Waals surface area contributed by atoms with Crippen LogP contribution >= 0.6 is 0 Å². The van der Waals surface area contributed by atoms with Crippen molar-refractivity contribution in [2.45, 2.75) is 32.7 Å². The number of anilines is 1. The normalized spacial score (nSPS) is 11.0. The Kier molecular flexibility index (Phi) is 7.10. The van der Waals surface area contributed by atoms with Crippen LogP contribution in [0.5, 0.6) is 0 Å². The maximum absolute atomic E-state index is 12.5. The van der Waals surface area contributed by atoms with E-state index in [1.54, 1.807) is 48.5 Å². The van der Waals surface area contributed by atoms with Gasteiger partial charge in [-0.2, -0.15) is 0 Å². The van der Waals surface area contributed by atoms with Crippen LogP contribution in [0.2, 0.25) is 0 Å². The third-order valence-corrected chi connectivity index (χ3v) is 4.87. The number of rotatable bonds is 7. The molecule has 3 aromatic rings. The molecule has 0 radical (unpaired) electrons. The van der Waals surface area contributed by atoms with Gasteiger partial charge in [0, 0.05) is 5.56 Å². The molecule has 1 aromatic heterocycles. The fourth-order valence-electron chi connectivity index (χ4n) is 3.04. The molecule has 0 spiro atoms. The van der Waals surface area contributed by atoms with E-state index < -0.39 is 5.91 Å². The van der Waals surface area contributed by atoms with Gasteiger partial charge in [0.15, 0.2) is 0 Å². The van der Waals surface area contributed by atoms with Gasteiger partial charge in [-0.1, -0.05) is 45.0 Å². The van der Waals surface area contributed by atoms with Gasteiger partial charge in [-0.15, -0.1) is 0 Å². The highest BCUT2D eigenvalue weighted by Crippen LogP contribution is 2.22. The van der Waals surface area contributed by atoms with Crippen molar-refractivity contribution in [2.75, 3.05) is 11.9 Å². The Morgan fingerprint density at radius 1 is 0.844 bits per heavy atom. The number of carbonyl (C=O) groups excluding carboxylic acids is 3. The number of amides is 3. The summed E-state index contributed by atoms with van der Waals surface area (Å²) in [4.78, 5) is 37.3. The summed E-state index contributed by atoms with van der Waals surface area (Å²) in [5.74, 6) is -0.501. The van der Waals surface area contributed by atoms with Gasteiger partial charge in [-0.25, -0.2) is 0 Å². The van der Waals surface area contributed by atoms with Gasteiger partial charge >= 0.3 is 0 Å². The molecule has 1 heterocycles. The smallest absolute Gasteiger partial charge is 0.253 e. The molecule has 0 atom stereocenters. The van der Waals surface area contributed by atoms with Gasteiger partial charge in [0.1, 0.15) is 5.76 Å². The maximum atomic E-state index is 12.5. The molecule has 2 aromatic carbocycles. The fraction of sp³-hybridized carbons (Fsp3) is 0.240. The van der Waals surface area contributed by atoms with Crippen LogP contribution < -0.4 is 16.0 Å². The Morgan fingerprint density at radius 3 is 2.22 bits per heavy atom. The van der Waals surface area contributed by atoms with E-state index in [9.17, 15) is 14.4 Å². The van der Waals surface area contributed by atoms with Crippen molar-refractivity contribution in [3.8, 4) is 0 Å². The molecule has 0 saturated carbocycles. The first-order valence-electron chi connectivity index (χ1n) is 10.3. The van der Waals surface area contributed by atoms with Crippen molar-refractivity contribution >= 4 is 23.4 Å². The van der Waals surface area contributed by atoms with E-state index >= 15 is 0 Å². The molecule has 0 unspecified atom stereocenters. The molecule has 0 aliphatic rings. The number of nitrogens with one attached hydrogen (secondary N) is 3. The zero-order chi connectivity index (χ0) is 23.1. The zero-order valence-electron chi connectivity index (χ0n) is 18.4. The van der Waals surface area contributed by atoms with Crippen LogP contribution in [0, 0.1) is 0 Å². The van der Waals surface area contributed by atoms with Crippen molar-refractivity contribution in [1.82, 2.24) is 10.6 Å². The van der Waals surface area contributed by atoms with E-state index in [0.29, 0.717) is 22.6 Å². The van der Waals surface area contributed by atoms with E-state index in [1.165, 1.54) is 6.26 Å². The van der Waals surface area contributed by atoms with Gasteiger partial charge < -0.3 is 20.4 Å². The van der Waals surface area contributed by atoms with Crippen molar-refractivity contribution in [3.05, 3.63) is 89.4 Å². The highest BCUT2D eigenvalue weighted by Gasteiger charge is 2.16. The quantitative estimate of drug-likeness (QED) is 0.526. The first-order chi connectivity index (χ1) is 15.2. The Labute approximate surface area is 187 Å². The number of furan rings is 1. The molecule has 7 nitrogen and oxygen atoms in total. The predicted molar refractivity (Wildman–Crippen MR) is 122 cm³/mol. The molecule has 0 aliphatic carbocycles. The summed E-state index contributed by atoms with van der Waals surface area (Å²) < 4.78 is 5.20. The Morgan fingerprint density at radius 2 is 1.56 bits per heavy atom. The largest absolute Gasteiger partial charge is 0.467 e. The lowest BCUT2D eigenvalue weighted by Gasteiger charge is -2.19. The van der Waals surface area contributed by atoms with Crippen LogP contribution in [0.15, 0.2) is 71.3 Å². The molecule has 7 heteroatoms. The summed E-state index contributed by atoms with van der Waals surface area (Å²) in [5, 5.41) is 8.04. The summed E-state index contributed by atoms with van der Waals surface area (Å²) in [6, 6.07) is 17.5. The van der Waals surface area contributed by atoms with Crippen LogP contribution in [0.3, 0.4) is 0 Å². The Hall–Kier alpha value is -3.87. The van der Waals surface area contributed by atoms with E-state index in [0.717, 1.165) is 5.56 Å². The molecule has 3 rings (SSSR count). The minimum absolute atomic E-state index is 0.00741. The predicted octanol–water partition coefficient (Wildman–Crippen LogP) is 3.88. The van der Waals surface area contributed by atoms with Gasteiger partial charge in [-0.05, 0) is 47.4 Å². The molecule has 166 valence electrons. The number of para-hydroxylation sites is 1. The number of hydrogen-bond donors (Lipinski definition) is 3. The Balaban J connectivity index is 1.55. The fourth-order valence-corrected chi connectivity index (χ4v) is 3.04. The monoisotopic (exact) mass is 433 g/mol. The number of benzene rings is 2. The molecule has 0 bridgehead atoms. The van der Waals surface area contributed by atoms with Gasteiger partial charge in [0.25, 0.3) is 11.8 Å². The second kappa shape index (κ2) is 9.96. The van der Waals surface area contributed by atoms with E-state index in [2.05, 4.69) is 36.7 Å².